The van der Waals surface area contributed by atoms with Crippen LogP contribution in [0.25, 0.3) is 0 Å². The lowest BCUT2D eigenvalue weighted by Crippen LogP contribution is -2.11. The molecule has 1 aliphatic heterocycles. The minimum Gasteiger partial charge on any atom is -0.392 e. The van der Waals surface area contributed by atoms with E-state index in [9.17, 15) is 0 Å². The van der Waals surface area contributed by atoms with E-state index in [4.69, 9.17) is 9.22 Å². The highest BCUT2D eigenvalue weighted by Crippen LogP contribution is 1.93. The van der Waals surface area contributed by atoms with Crippen molar-refractivity contribution in [1.82, 2.24) is 5.32 Å². The largest absolute Gasteiger partial charge is 0.392 e. The van der Waals surface area contributed by atoms with Gasteiger partial charge in [0.1, 0.15) is 0 Å². The Hall–Kier alpha value is -0.0800. The van der Waals surface area contributed by atoms with Gasteiger partial charge in [0, 0.05) is 10.6 Å². The minimum absolute atomic E-state index is 0.0150. The molecule has 2 atom stereocenters. The number of β-amino-alcohol motifs (C(OH)–C–C–N with tert-alkyl or cyclic N) is 1. The summed E-state index contributed by atoms with van der Waals surface area (Å²) in [6.45, 7) is -2.41. The summed E-state index contributed by atoms with van der Waals surface area (Å²) in [5.74, 6) is 0. The Labute approximate surface area is 41.4 Å². The highest BCUT2D eigenvalue weighted by molar-refractivity contribution is 4.67. The Morgan fingerprint density at radius 2 is 2.83 bits per heavy atom. The van der Waals surface area contributed by atoms with Crippen LogP contribution in [0.5, 0.6) is 0 Å². The number of hydrogen-bond donors (Lipinski definition) is 2. The standard InChI is InChI=1S/C4H9NO/c6-4-1-2-5-3-4/h4-6H,1-3H2/i2D2,3D. The first-order valence-electron chi connectivity index (χ1n) is 3.47. The number of nitrogens with one attached hydrogen (secondary N) is 1. The highest BCUT2D eigenvalue weighted by atomic mass is 16.3. The van der Waals surface area contributed by atoms with Gasteiger partial charge in [-0.2, -0.15) is 0 Å². The molecule has 2 nitrogen and oxygen atoms in total. The summed E-state index contributed by atoms with van der Waals surface area (Å²) in [5.41, 5.74) is 0. The van der Waals surface area contributed by atoms with E-state index in [1.165, 1.54) is 0 Å². The van der Waals surface area contributed by atoms with Gasteiger partial charge in [0.2, 0.25) is 0 Å². The molecular weight excluding hydrogens is 78.0 g/mol. The van der Waals surface area contributed by atoms with E-state index in [1.54, 1.807) is 0 Å². The number of rotatable bonds is 0. The third-order valence-electron chi connectivity index (χ3n) is 0.689. The van der Waals surface area contributed by atoms with Crippen LogP contribution in [0.3, 0.4) is 0 Å². The zero-order valence-corrected chi connectivity index (χ0v) is 3.31. The average molecular weight is 90.1 g/mol. The molecule has 2 unspecified atom stereocenters. The number of aliphatic hydroxyl groups excluding tert-OH is 1. The molecule has 2 N–H and O–H groups in total. The quantitative estimate of drug-likeness (QED) is 0.414. The third-order valence-corrected chi connectivity index (χ3v) is 0.689. The third kappa shape index (κ3) is 0.698. The Bertz CT molecular complexity index is 106. The second kappa shape index (κ2) is 1.58. The number of hydrogen-bond acceptors (Lipinski definition) is 2. The molecule has 1 aliphatic rings. The second-order valence-corrected chi connectivity index (χ2v) is 1.26. The lowest BCUT2D eigenvalue weighted by molar-refractivity contribution is 0.196. The van der Waals surface area contributed by atoms with Gasteiger partial charge in [-0.1, -0.05) is 0 Å². The van der Waals surface area contributed by atoms with E-state index in [1.807, 2.05) is 0 Å². The zero-order valence-electron chi connectivity index (χ0n) is 6.31. The zero-order chi connectivity index (χ0) is 7.07. The fourth-order valence-corrected chi connectivity index (χ4v) is 0.378. The van der Waals surface area contributed by atoms with Crippen molar-refractivity contribution < 1.29 is 9.22 Å². The lowest BCUT2D eigenvalue weighted by atomic mass is 10.3. The van der Waals surface area contributed by atoms with E-state index in [0.29, 0.717) is 0 Å². The molecule has 6 heavy (non-hydrogen) atoms. The van der Waals surface area contributed by atoms with Gasteiger partial charge in [-0.05, 0) is 12.9 Å². The van der Waals surface area contributed by atoms with E-state index in [-0.39, 0.29) is 6.42 Å². The Kier molecular flexibility index (Phi) is 0.474. The van der Waals surface area contributed by atoms with Crippen LogP contribution in [-0.2, 0) is 0 Å². The lowest BCUT2D eigenvalue weighted by Gasteiger charge is -1.90. The fourth-order valence-electron chi connectivity index (χ4n) is 0.378. The molecule has 0 amide bonds. The Balaban J connectivity index is 2.54. The molecule has 1 fully saturated rings. The first kappa shape index (κ1) is 1.80. The summed E-state index contributed by atoms with van der Waals surface area (Å²) in [6, 6.07) is 0. The van der Waals surface area contributed by atoms with Crippen LogP contribution in [0.15, 0.2) is 0 Å². The van der Waals surface area contributed by atoms with Crippen LogP contribution in [0.4, 0.5) is 0 Å². The molecule has 1 rings (SSSR count). The summed E-state index contributed by atoms with van der Waals surface area (Å²) >= 11 is 0. The molecular formula is C4H9NO. The number of aliphatic hydroxyl groups is 1. The molecule has 0 bridgehead atoms. The van der Waals surface area contributed by atoms with E-state index in [0.717, 1.165) is 0 Å². The molecule has 2 heteroatoms. The first-order valence-corrected chi connectivity index (χ1v) is 1.89. The fraction of sp³-hybridized carbons (Fsp3) is 1.00. The van der Waals surface area contributed by atoms with Gasteiger partial charge < -0.3 is 10.4 Å². The molecule has 0 aromatic heterocycles. The smallest absolute Gasteiger partial charge is 0.0676 e. The van der Waals surface area contributed by atoms with E-state index >= 15 is 0 Å². The van der Waals surface area contributed by atoms with Crippen LogP contribution in [0.2, 0.25) is 0 Å². The molecule has 0 aromatic rings. The summed E-state index contributed by atoms with van der Waals surface area (Å²) in [6.07, 6.45) is -0.846. The minimum atomic E-state index is -1.55. The van der Waals surface area contributed by atoms with Crippen molar-refractivity contribution in [2.24, 2.45) is 0 Å². The van der Waals surface area contributed by atoms with Crippen molar-refractivity contribution in [1.29, 1.82) is 0 Å². The summed E-state index contributed by atoms with van der Waals surface area (Å²) in [5, 5.41) is 11.1. The predicted molar refractivity (Wildman–Crippen MR) is 23.5 cm³/mol. The van der Waals surface area contributed by atoms with Crippen molar-refractivity contribution in [3.05, 3.63) is 0 Å². The molecule has 0 aromatic carbocycles. The second-order valence-electron chi connectivity index (χ2n) is 1.26. The molecule has 0 aliphatic carbocycles. The van der Waals surface area contributed by atoms with Crippen LogP contribution in [0.1, 0.15) is 10.5 Å². The molecule has 0 spiro atoms. The van der Waals surface area contributed by atoms with Crippen molar-refractivity contribution >= 4 is 0 Å². The monoisotopic (exact) mass is 90.1 g/mol. The maximum Gasteiger partial charge on any atom is 0.0676 e. The summed E-state index contributed by atoms with van der Waals surface area (Å²) in [4.78, 5) is 0. The maximum atomic E-state index is 8.84. The summed E-state index contributed by atoms with van der Waals surface area (Å²) in [7, 11) is 0. The Morgan fingerprint density at radius 3 is 3.00 bits per heavy atom. The van der Waals surface area contributed by atoms with Gasteiger partial charge in [0.05, 0.1) is 6.10 Å². The van der Waals surface area contributed by atoms with Crippen LogP contribution in [-0.4, -0.2) is 24.2 Å². The topological polar surface area (TPSA) is 32.3 Å². The van der Waals surface area contributed by atoms with Crippen molar-refractivity contribution in [2.45, 2.75) is 12.5 Å². The SMILES string of the molecule is [2H]C1NC([2H])([2H])CC1O. The van der Waals surface area contributed by atoms with Gasteiger partial charge in [-0.15, -0.1) is 0 Å². The first-order chi connectivity index (χ1) is 4.01. The van der Waals surface area contributed by atoms with E-state index in [2.05, 4.69) is 5.32 Å². The average Bonchev–Trinajstić information content (AvgIpc) is 1.79. The molecule has 0 radical (unpaired) electrons. The van der Waals surface area contributed by atoms with Gasteiger partial charge in [0.25, 0.3) is 0 Å². The molecule has 1 saturated heterocycles. The molecule has 0 saturated carbocycles. The van der Waals surface area contributed by atoms with Gasteiger partial charge in [0.15, 0.2) is 0 Å². The maximum absolute atomic E-state index is 8.84. The highest BCUT2D eigenvalue weighted by Gasteiger charge is 2.08. The predicted octanol–water partition coefficient (Wildman–Crippen LogP) is -0.659. The Morgan fingerprint density at radius 1 is 2.00 bits per heavy atom. The van der Waals surface area contributed by atoms with E-state index < -0.39 is 19.1 Å². The van der Waals surface area contributed by atoms with Crippen molar-refractivity contribution in [3.63, 3.8) is 0 Å². The molecule has 36 valence electrons. The molecule has 1 heterocycles. The van der Waals surface area contributed by atoms with Gasteiger partial charge >= 0.3 is 0 Å². The van der Waals surface area contributed by atoms with Gasteiger partial charge in [-0.3, -0.25) is 0 Å². The normalized spacial score (nSPS) is 62.5. The van der Waals surface area contributed by atoms with Crippen molar-refractivity contribution in [3.8, 4) is 0 Å². The van der Waals surface area contributed by atoms with Crippen molar-refractivity contribution in [2.75, 3.05) is 13.0 Å². The summed E-state index contributed by atoms with van der Waals surface area (Å²) < 4.78 is 21.0. The van der Waals surface area contributed by atoms with Crippen LogP contribution < -0.4 is 5.32 Å². The van der Waals surface area contributed by atoms with Crippen LogP contribution >= 0.6 is 0 Å². The van der Waals surface area contributed by atoms with Gasteiger partial charge in [-0.25, -0.2) is 0 Å². The van der Waals surface area contributed by atoms with Crippen LogP contribution in [0, 0.1) is 0 Å².